The topological polar surface area (TPSA) is 74.3 Å². The normalized spacial score (nSPS) is 13.7. The number of aromatic nitrogens is 1. The molecule has 35 heavy (non-hydrogen) atoms. The molecule has 6 nitrogen and oxygen atoms in total. The van der Waals surface area contributed by atoms with Crippen molar-refractivity contribution < 1.29 is 9.00 Å². The average Bonchev–Trinajstić information content (AvgIpc) is 2.85. The molecule has 3 aromatic carbocycles. The molecule has 0 bridgehead atoms. The lowest BCUT2D eigenvalue weighted by Crippen LogP contribution is -2.41. The first-order valence-electron chi connectivity index (χ1n) is 10.5. The maximum absolute atomic E-state index is 13.4. The molecule has 2 N–H and O–H groups in total. The van der Waals surface area contributed by atoms with Crippen LogP contribution in [0.2, 0.25) is 15.1 Å². The fraction of sp³-hybridized carbons (Fsp3) is 0.0400. The largest absolute Gasteiger partial charge is 0.333 e. The number of anilines is 3. The molecule has 0 aliphatic carbocycles. The summed E-state index contributed by atoms with van der Waals surface area (Å²) in [5.74, 6) is 0. The van der Waals surface area contributed by atoms with Gasteiger partial charge in [0.05, 0.1) is 26.3 Å². The Bertz CT molecular complexity index is 1450. The highest BCUT2D eigenvalue weighted by Gasteiger charge is 2.32. The number of nitrogens with zero attached hydrogens (tertiary/aromatic N) is 2. The molecule has 0 saturated carbocycles. The summed E-state index contributed by atoms with van der Waals surface area (Å²) in [7, 11) is -1.66. The zero-order chi connectivity index (χ0) is 24.5. The molecule has 1 aliphatic rings. The zero-order valence-electron chi connectivity index (χ0n) is 18.0. The first kappa shape index (κ1) is 23.6. The van der Waals surface area contributed by atoms with Crippen molar-refractivity contribution >= 4 is 68.9 Å². The number of carbonyl (C=O) groups is 1. The van der Waals surface area contributed by atoms with Crippen molar-refractivity contribution in [1.29, 1.82) is 0 Å². The first-order valence-corrected chi connectivity index (χ1v) is 12.7. The van der Waals surface area contributed by atoms with Crippen LogP contribution in [0.5, 0.6) is 0 Å². The number of rotatable bonds is 5. The first-order chi connectivity index (χ1) is 16.9. The number of hydrogen-bond acceptors (Lipinski definition) is 3. The predicted octanol–water partition coefficient (Wildman–Crippen LogP) is 7.20. The SMILES string of the molecule is O=C1NCc2c(-c3ccccc3Cl)cc(S(=O)Nc3ccncc3)cc2N1c1c(Cl)cccc1Cl. The molecule has 0 radical (unpaired) electrons. The van der Waals surface area contributed by atoms with E-state index in [1.165, 1.54) is 4.90 Å². The van der Waals surface area contributed by atoms with E-state index in [1.807, 2.05) is 24.3 Å². The summed E-state index contributed by atoms with van der Waals surface area (Å²) in [6, 6.07) is 18.9. The van der Waals surface area contributed by atoms with Gasteiger partial charge in [0.25, 0.3) is 0 Å². The van der Waals surface area contributed by atoms with Crippen LogP contribution >= 0.6 is 34.8 Å². The molecule has 0 spiro atoms. The second-order valence-electron chi connectivity index (χ2n) is 7.62. The lowest BCUT2D eigenvalue weighted by Gasteiger charge is -2.33. The predicted molar refractivity (Wildman–Crippen MR) is 142 cm³/mol. The summed E-state index contributed by atoms with van der Waals surface area (Å²) < 4.78 is 16.4. The molecule has 2 amide bonds. The molecule has 176 valence electrons. The quantitative estimate of drug-likeness (QED) is 0.279. The second kappa shape index (κ2) is 9.87. The number of amides is 2. The van der Waals surface area contributed by atoms with Crippen molar-refractivity contribution in [3.63, 3.8) is 0 Å². The standard InChI is InChI=1S/C25H17Cl3N4O2S/c26-20-5-2-1-4-17(20)18-12-16(35(34)31-15-8-10-29-11-9-15)13-23-19(18)14-30-25(33)32(23)24-21(27)6-3-7-22(24)28/h1-13H,14H2,(H,29,31)(H,30,33). The van der Waals surface area contributed by atoms with Gasteiger partial charge in [0, 0.05) is 40.8 Å². The minimum Gasteiger partial charge on any atom is -0.333 e. The van der Waals surface area contributed by atoms with Crippen LogP contribution in [0.1, 0.15) is 5.56 Å². The summed E-state index contributed by atoms with van der Waals surface area (Å²) in [5, 5.41) is 4.03. The molecule has 1 aromatic heterocycles. The van der Waals surface area contributed by atoms with Crippen molar-refractivity contribution in [3.8, 4) is 11.1 Å². The Hall–Kier alpha value is -3.10. The highest BCUT2D eigenvalue weighted by Crippen LogP contribution is 2.45. The van der Waals surface area contributed by atoms with E-state index in [2.05, 4.69) is 15.0 Å². The van der Waals surface area contributed by atoms with Gasteiger partial charge in [0.15, 0.2) is 0 Å². The molecule has 5 rings (SSSR count). The van der Waals surface area contributed by atoms with Crippen LogP contribution in [0.15, 0.2) is 84.0 Å². The van der Waals surface area contributed by atoms with Gasteiger partial charge in [-0.25, -0.2) is 9.00 Å². The molecule has 0 saturated heterocycles. The van der Waals surface area contributed by atoms with Gasteiger partial charge in [-0.05, 0) is 48.0 Å². The summed E-state index contributed by atoms with van der Waals surface area (Å²) in [4.78, 5) is 19.0. The fourth-order valence-corrected chi connectivity index (χ4v) is 5.62. The van der Waals surface area contributed by atoms with Crippen LogP contribution in [0.3, 0.4) is 0 Å². The van der Waals surface area contributed by atoms with Gasteiger partial charge >= 0.3 is 6.03 Å². The van der Waals surface area contributed by atoms with Crippen molar-refractivity contribution in [3.05, 3.63) is 99.8 Å². The van der Waals surface area contributed by atoms with Gasteiger partial charge in [0.2, 0.25) is 0 Å². The van der Waals surface area contributed by atoms with E-state index in [9.17, 15) is 9.00 Å². The van der Waals surface area contributed by atoms with Crippen LogP contribution in [0, 0.1) is 0 Å². The number of benzene rings is 3. The maximum atomic E-state index is 13.4. The number of urea groups is 1. The Labute approximate surface area is 219 Å². The molecule has 2 heterocycles. The number of halogens is 3. The molecule has 1 aliphatic heterocycles. The van der Waals surface area contributed by atoms with Gasteiger partial charge < -0.3 is 10.0 Å². The molecule has 1 unspecified atom stereocenters. The zero-order valence-corrected chi connectivity index (χ0v) is 21.1. The number of pyridine rings is 1. The summed E-state index contributed by atoms with van der Waals surface area (Å²) >= 11 is 19.5. The van der Waals surface area contributed by atoms with E-state index in [1.54, 1.807) is 54.9 Å². The van der Waals surface area contributed by atoms with Gasteiger partial charge in [-0.2, -0.15) is 0 Å². The summed E-state index contributed by atoms with van der Waals surface area (Å²) in [5.41, 5.74) is 3.76. The van der Waals surface area contributed by atoms with Crippen LogP contribution in [-0.2, 0) is 17.5 Å². The summed E-state index contributed by atoms with van der Waals surface area (Å²) in [6.07, 6.45) is 3.21. The van der Waals surface area contributed by atoms with E-state index >= 15 is 0 Å². The molecule has 0 fully saturated rings. The molecule has 4 aromatic rings. The lowest BCUT2D eigenvalue weighted by molar-refractivity contribution is 0.247. The number of fused-ring (bicyclic) bond motifs is 1. The molecule has 1 atom stereocenters. The monoisotopic (exact) mass is 542 g/mol. The van der Waals surface area contributed by atoms with E-state index in [0.717, 1.165) is 16.7 Å². The van der Waals surface area contributed by atoms with Gasteiger partial charge in [-0.3, -0.25) is 9.88 Å². The van der Waals surface area contributed by atoms with Gasteiger partial charge in [-0.1, -0.05) is 59.1 Å². The minimum absolute atomic E-state index is 0.248. The fourth-order valence-electron chi connectivity index (χ4n) is 3.91. The lowest BCUT2D eigenvalue weighted by atomic mass is 9.96. The third-order valence-corrected chi connectivity index (χ3v) is 7.51. The van der Waals surface area contributed by atoms with Crippen LogP contribution in [0.4, 0.5) is 21.9 Å². The van der Waals surface area contributed by atoms with Crippen molar-refractivity contribution in [2.75, 3.05) is 9.62 Å². The van der Waals surface area contributed by atoms with Crippen LogP contribution in [-0.4, -0.2) is 15.2 Å². The third-order valence-electron chi connectivity index (χ3n) is 5.49. The Morgan fingerprint density at radius 2 is 1.57 bits per heavy atom. The Kier molecular flexibility index (Phi) is 6.67. The van der Waals surface area contributed by atoms with Crippen LogP contribution in [0.25, 0.3) is 11.1 Å². The van der Waals surface area contributed by atoms with Crippen LogP contribution < -0.4 is 14.9 Å². The minimum atomic E-state index is -1.66. The van der Waals surface area contributed by atoms with Crippen molar-refractivity contribution in [2.45, 2.75) is 11.4 Å². The van der Waals surface area contributed by atoms with E-state index in [4.69, 9.17) is 34.8 Å². The van der Waals surface area contributed by atoms with Gasteiger partial charge in [0.1, 0.15) is 11.0 Å². The Morgan fingerprint density at radius 1 is 0.886 bits per heavy atom. The Morgan fingerprint density at radius 3 is 2.29 bits per heavy atom. The van der Waals surface area contributed by atoms with Crippen molar-refractivity contribution in [1.82, 2.24) is 10.3 Å². The number of para-hydroxylation sites is 1. The molecular weight excluding hydrogens is 527 g/mol. The highest BCUT2D eigenvalue weighted by molar-refractivity contribution is 7.86. The number of nitrogens with one attached hydrogen (secondary N) is 2. The maximum Gasteiger partial charge on any atom is 0.326 e. The number of carbonyl (C=O) groups excluding carboxylic acids is 1. The Balaban J connectivity index is 1.73. The summed E-state index contributed by atoms with van der Waals surface area (Å²) in [6.45, 7) is 0.248. The highest BCUT2D eigenvalue weighted by atomic mass is 35.5. The second-order valence-corrected chi connectivity index (χ2v) is 10.1. The molecule has 10 heteroatoms. The molecular formula is C25H17Cl3N4O2S. The third kappa shape index (κ3) is 4.60. The van der Waals surface area contributed by atoms with Gasteiger partial charge in [-0.15, -0.1) is 0 Å². The smallest absolute Gasteiger partial charge is 0.326 e. The van der Waals surface area contributed by atoms with E-state index in [-0.39, 0.29) is 6.54 Å². The van der Waals surface area contributed by atoms with E-state index in [0.29, 0.717) is 37.0 Å². The van der Waals surface area contributed by atoms with Crippen molar-refractivity contribution in [2.24, 2.45) is 0 Å². The average molecular weight is 544 g/mol. The van der Waals surface area contributed by atoms with E-state index < -0.39 is 17.0 Å². The number of hydrogen-bond donors (Lipinski definition) is 2.